The van der Waals surface area contributed by atoms with Gasteiger partial charge in [-0.2, -0.15) is 0 Å². The topological polar surface area (TPSA) is 63.1 Å². The number of carboxylic acid groups (broad SMARTS) is 1. The normalized spacial score (nSPS) is 10.5. The molecule has 0 atom stereocenters. The Morgan fingerprint density at radius 2 is 2.06 bits per heavy atom. The zero-order valence-electron chi connectivity index (χ0n) is 9.17. The molecule has 0 radical (unpaired) electrons. The van der Waals surface area contributed by atoms with Gasteiger partial charge in [0.25, 0.3) is 0 Å². The van der Waals surface area contributed by atoms with E-state index in [1.54, 1.807) is 12.1 Å². The summed E-state index contributed by atoms with van der Waals surface area (Å²) < 4.78 is 13.5. The van der Waals surface area contributed by atoms with Crippen molar-refractivity contribution in [1.29, 1.82) is 0 Å². The zero-order chi connectivity index (χ0) is 13.0. The van der Waals surface area contributed by atoms with Gasteiger partial charge < -0.3 is 5.11 Å². The standard InChI is InChI=1S/C11H9FN2O2S2/c12-8-3-1-7(2-4-8)10-13-14-11(18-10)17-6-5-9(15)16/h1-4H,5-6H2,(H,15,16). The Morgan fingerprint density at radius 1 is 1.33 bits per heavy atom. The summed E-state index contributed by atoms with van der Waals surface area (Å²) >= 11 is 2.73. The van der Waals surface area contributed by atoms with Crippen molar-refractivity contribution < 1.29 is 14.3 Å². The SMILES string of the molecule is O=C(O)CCSc1nnc(-c2ccc(F)cc2)s1. The summed E-state index contributed by atoms with van der Waals surface area (Å²) in [5, 5.41) is 17.2. The summed E-state index contributed by atoms with van der Waals surface area (Å²) in [7, 11) is 0. The lowest BCUT2D eigenvalue weighted by Gasteiger charge is -1.94. The van der Waals surface area contributed by atoms with Crippen molar-refractivity contribution in [2.24, 2.45) is 0 Å². The van der Waals surface area contributed by atoms with E-state index in [4.69, 9.17) is 5.11 Å². The molecule has 0 unspecified atom stereocenters. The predicted octanol–water partition coefficient (Wildman–Crippen LogP) is 2.91. The fourth-order valence-electron chi connectivity index (χ4n) is 1.20. The first-order valence-electron chi connectivity index (χ1n) is 5.09. The highest BCUT2D eigenvalue weighted by Gasteiger charge is 2.08. The lowest BCUT2D eigenvalue weighted by atomic mass is 10.2. The molecule has 94 valence electrons. The molecule has 0 saturated heterocycles. The van der Waals surface area contributed by atoms with E-state index >= 15 is 0 Å². The molecule has 2 aromatic rings. The number of rotatable bonds is 5. The molecular weight excluding hydrogens is 275 g/mol. The number of carbonyl (C=O) groups is 1. The number of halogens is 1. The fraction of sp³-hybridized carbons (Fsp3) is 0.182. The van der Waals surface area contributed by atoms with Crippen molar-refractivity contribution in [3.63, 3.8) is 0 Å². The van der Waals surface area contributed by atoms with Crippen LogP contribution in [0.3, 0.4) is 0 Å². The van der Waals surface area contributed by atoms with Gasteiger partial charge >= 0.3 is 5.97 Å². The third kappa shape index (κ3) is 3.51. The van der Waals surface area contributed by atoms with Gasteiger partial charge in [-0.1, -0.05) is 23.1 Å². The molecule has 1 N–H and O–H groups in total. The van der Waals surface area contributed by atoms with E-state index in [9.17, 15) is 9.18 Å². The van der Waals surface area contributed by atoms with Crippen LogP contribution in [0.15, 0.2) is 28.6 Å². The van der Waals surface area contributed by atoms with E-state index in [1.807, 2.05) is 0 Å². The molecule has 0 aliphatic heterocycles. The van der Waals surface area contributed by atoms with Gasteiger partial charge in [0.1, 0.15) is 10.8 Å². The van der Waals surface area contributed by atoms with Gasteiger partial charge in [0.15, 0.2) is 4.34 Å². The zero-order valence-corrected chi connectivity index (χ0v) is 10.8. The maximum atomic E-state index is 12.8. The van der Waals surface area contributed by atoms with Crippen molar-refractivity contribution >= 4 is 29.1 Å². The number of thioether (sulfide) groups is 1. The number of hydrogen-bond donors (Lipinski definition) is 1. The highest BCUT2D eigenvalue weighted by Crippen LogP contribution is 2.29. The van der Waals surface area contributed by atoms with Crippen LogP contribution in [0.1, 0.15) is 6.42 Å². The highest BCUT2D eigenvalue weighted by atomic mass is 32.2. The van der Waals surface area contributed by atoms with Crippen molar-refractivity contribution in [2.45, 2.75) is 10.8 Å². The van der Waals surface area contributed by atoms with Crippen LogP contribution in [0.25, 0.3) is 10.6 Å². The molecule has 0 aliphatic carbocycles. The summed E-state index contributed by atoms with van der Waals surface area (Å²) in [4.78, 5) is 10.4. The molecular formula is C11H9FN2O2S2. The van der Waals surface area contributed by atoms with Crippen LogP contribution < -0.4 is 0 Å². The molecule has 2 rings (SSSR count). The largest absolute Gasteiger partial charge is 0.481 e. The predicted molar refractivity (Wildman–Crippen MR) is 68.3 cm³/mol. The van der Waals surface area contributed by atoms with E-state index in [0.29, 0.717) is 10.8 Å². The van der Waals surface area contributed by atoms with Crippen LogP contribution in [0.4, 0.5) is 4.39 Å². The molecule has 0 fully saturated rings. The molecule has 0 saturated carbocycles. The van der Waals surface area contributed by atoms with Crippen LogP contribution in [0.2, 0.25) is 0 Å². The van der Waals surface area contributed by atoms with E-state index in [2.05, 4.69) is 10.2 Å². The average Bonchev–Trinajstić information content (AvgIpc) is 2.78. The third-order valence-electron chi connectivity index (χ3n) is 2.04. The van der Waals surface area contributed by atoms with Crippen molar-refractivity contribution in [1.82, 2.24) is 10.2 Å². The van der Waals surface area contributed by atoms with E-state index in [0.717, 1.165) is 9.90 Å². The molecule has 18 heavy (non-hydrogen) atoms. The smallest absolute Gasteiger partial charge is 0.304 e. The monoisotopic (exact) mass is 284 g/mol. The lowest BCUT2D eigenvalue weighted by Crippen LogP contribution is -1.95. The number of carboxylic acids is 1. The van der Waals surface area contributed by atoms with Gasteiger partial charge in [-0.15, -0.1) is 10.2 Å². The summed E-state index contributed by atoms with van der Waals surface area (Å²) in [6, 6.07) is 6.02. The second-order valence-corrected chi connectivity index (χ2v) is 5.69. The Bertz CT molecular complexity index is 542. The summed E-state index contributed by atoms with van der Waals surface area (Å²) in [5.74, 6) is -0.655. The Hall–Kier alpha value is -1.47. The maximum absolute atomic E-state index is 12.8. The van der Waals surface area contributed by atoms with Crippen molar-refractivity contribution in [3.8, 4) is 10.6 Å². The van der Waals surface area contributed by atoms with Crippen molar-refractivity contribution in [2.75, 3.05) is 5.75 Å². The molecule has 0 bridgehead atoms. The molecule has 0 spiro atoms. The van der Waals surface area contributed by atoms with Gasteiger partial charge in [0, 0.05) is 11.3 Å². The van der Waals surface area contributed by atoms with Crippen LogP contribution in [0.5, 0.6) is 0 Å². The second kappa shape index (κ2) is 5.92. The quantitative estimate of drug-likeness (QED) is 0.855. The summed E-state index contributed by atoms with van der Waals surface area (Å²) in [6.45, 7) is 0. The number of hydrogen-bond acceptors (Lipinski definition) is 5. The summed E-state index contributed by atoms with van der Waals surface area (Å²) in [5.41, 5.74) is 0.805. The van der Waals surface area contributed by atoms with Crippen LogP contribution in [-0.4, -0.2) is 27.0 Å². The fourth-order valence-corrected chi connectivity index (χ4v) is 3.06. The second-order valence-electron chi connectivity index (χ2n) is 3.37. The van der Waals surface area contributed by atoms with Gasteiger partial charge in [0.2, 0.25) is 0 Å². The minimum atomic E-state index is -0.828. The first kappa shape index (κ1) is 13.0. The molecule has 4 nitrogen and oxygen atoms in total. The Labute approximate surface area is 111 Å². The molecule has 1 heterocycles. The van der Waals surface area contributed by atoms with Crippen LogP contribution >= 0.6 is 23.1 Å². The number of aromatic nitrogens is 2. The minimum absolute atomic E-state index is 0.0934. The van der Waals surface area contributed by atoms with Gasteiger partial charge in [-0.05, 0) is 24.3 Å². The maximum Gasteiger partial charge on any atom is 0.304 e. The Balaban J connectivity index is 2.01. The van der Waals surface area contributed by atoms with Gasteiger partial charge in [0.05, 0.1) is 6.42 Å². The first-order chi connectivity index (χ1) is 8.65. The first-order valence-corrected chi connectivity index (χ1v) is 6.89. The van der Waals surface area contributed by atoms with Crippen LogP contribution in [-0.2, 0) is 4.79 Å². The molecule has 7 heteroatoms. The number of benzene rings is 1. The highest BCUT2D eigenvalue weighted by molar-refractivity contribution is 8.01. The number of aliphatic carboxylic acids is 1. The van der Waals surface area contributed by atoms with E-state index in [1.165, 1.54) is 35.2 Å². The van der Waals surface area contributed by atoms with E-state index < -0.39 is 5.97 Å². The summed E-state index contributed by atoms with van der Waals surface area (Å²) in [6.07, 6.45) is 0.0934. The van der Waals surface area contributed by atoms with E-state index in [-0.39, 0.29) is 12.2 Å². The molecule has 1 aromatic carbocycles. The van der Waals surface area contributed by atoms with Gasteiger partial charge in [-0.3, -0.25) is 4.79 Å². The Kier molecular flexibility index (Phi) is 4.27. The lowest BCUT2D eigenvalue weighted by molar-refractivity contribution is -0.136. The van der Waals surface area contributed by atoms with Gasteiger partial charge in [-0.25, -0.2) is 4.39 Å². The third-order valence-corrected chi connectivity index (χ3v) is 4.15. The molecule has 1 aromatic heterocycles. The Morgan fingerprint density at radius 3 is 2.72 bits per heavy atom. The van der Waals surface area contributed by atoms with Crippen LogP contribution in [0, 0.1) is 5.82 Å². The van der Waals surface area contributed by atoms with Crippen molar-refractivity contribution in [3.05, 3.63) is 30.1 Å². The molecule has 0 aliphatic rings. The molecule has 0 amide bonds. The minimum Gasteiger partial charge on any atom is -0.481 e. The number of nitrogens with zero attached hydrogens (tertiary/aromatic N) is 2. The average molecular weight is 284 g/mol.